The van der Waals surface area contributed by atoms with Gasteiger partial charge >= 0.3 is 5.97 Å². The summed E-state index contributed by atoms with van der Waals surface area (Å²) in [5.74, 6) is -1.85. The summed E-state index contributed by atoms with van der Waals surface area (Å²) in [7, 11) is 1.41. The molecular weight excluding hydrogens is 326 g/mol. The van der Waals surface area contributed by atoms with Gasteiger partial charge in [-0.2, -0.15) is 0 Å². The molecule has 0 unspecified atom stereocenters. The third-order valence-corrected chi connectivity index (χ3v) is 3.22. The van der Waals surface area contributed by atoms with Crippen molar-refractivity contribution in [2.45, 2.75) is 0 Å². The number of carbonyl (C=O) groups is 4. The van der Waals surface area contributed by atoms with Crippen molar-refractivity contribution < 1.29 is 28.7 Å². The summed E-state index contributed by atoms with van der Waals surface area (Å²) in [5, 5.41) is 2.11. The molecule has 0 bridgehead atoms. The standard InChI is InChI=1S/C18H15NO6/c1-24-15-5-3-2-4-14(15)17(22)19-16(21)11-25-18(23)13-8-6-12(10-20)7-9-13/h2-10H,11H2,1H3,(H,19,21,22). The van der Waals surface area contributed by atoms with E-state index >= 15 is 0 Å². The molecule has 2 aromatic rings. The number of ether oxygens (including phenoxy) is 2. The highest BCUT2D eigenvalue weighted by molar-refractivity contribution is 6.07. The molecule has 25 heavy (non-hydrogen) atoms. The molecule has 128 valence electrons. The number of methoxy groups -OCH3 is 1. The lowest BCUT2D eigenvalue weighted by Gasteiger charge is -2.08. The van der Waals surface area contributed by atoms with Gasteiger partial charge < -0.3 is 9.47 Å². The molecule has 0 aliphatic rings. The molecular formula is C18H15NO6. The number of aldehydes is 1. The zero-order valence-corrected chi connectivity index (χ0v) is 13.4. The predicted octanol–water partition coefficient (Wildman–Crippen LogP) is 1.62. The minimum absolute atomic E-state index is 0.189. The highest BCUT2D eigenvalue weighted by atomic mass is 16.5. The lowest BCUT2D eigenvalue weighted by Crippen LogP contribution is -2.34. The highest BCUT2D eigenvalue weighted by Crippen LogP contribution is 2.16. The van der Waals surface area contributed by atoms with Crippen molar-refractivity contribution >= 4 is 24.1 Å². The molecule has 0 atom stereocenters. The minimum atomic E-state index is -0.770. The molecule has 2 rings (SSSR count). The summed E-state index contributed by atoms with van der Waals surface area (Å²) in [4.78, 5) is 46.2. The van der Waals surface area contributed by atoms with Gasteiger partial charge in [0.2, 0.25) is 0 Å². The van der Waals surface area contributed by atoms with Crippen LogP contribution in [0, 0.1) is 0 Å². The van der Waals surface area contributed by atoms with E-state index in [0.29, 0.717) is 17.6 Å². The fourth-order valence-corrected chi connectivity index (χ4v) is 1.97. The summed E-state index contributed by atoms with van der Waals surface area (Å²) in [6.07, 6.45) is 0.645. The average molecular weight is 341 g/mol. The summed E-state index contributed by atoms with van der Waals surface area (Å²) >= 11 is 0. The molecule has 0 saturated carbocycles. The van der Waals surface area contributed by atoms with Gasteiger partial charge in [0.1, 0.15) is 12.0 Å². The number of esters is 1. The van der Waals surface area contributed by atoms with E-state index in [1.165, 1.54) is 37.4 Å². The summed E-state index contributed by atoms with van der Waals surface area (Å²) < 4.78 is 9.87. The number of hydrogen-bond donors (Lipinski definition) is 1. The first-order valence-corrected chi connectivity index (χ1v) is 7.24. The fourth-order valence-electron chi connectivity index (χ4n) is 1.97. The maximum absolute atomic E-state index is 12.0. The molecule has 0 aliphatic heterocycles. The molecule has 0 saturated heterocycles. The Morgan fingerprint density at radius 2 is 1.72 bits per heavy atom. The monoisotopic (exact) mass is 341 g/mol. The Morgan fingerprint density at radius 3 is 2.36 bits per heavy atom. The van der Waals surface area contributed by atoms with E-state index in [1.807, 2.05) is 0 Å². The molecule has 0 fully saturated rings. The second kappa shape index (κ2) is 8.39. The van der Waals surface area contributed by atoms with Gasteiger partial charge in [-0.3, -0.25) is 19.7 Å². The van der Waals surface area contributed by atoms with Crippen LogP contribution in [0.3, 0.4) is 0 Å². The molecule has 0 aromatic heterocycles. The number of carbonyl (C=O) groups excluding carboxylic acids is 4. The van der Waals surface area contributed by atoms with Crippen molar-refractivity contribution in [2.75, 3.05) is 13.7 Å². The van der Waals surface area contributed by atoms with E-state index in [1.54, 1.807) is 18.2 Å². The fraction of sp³-hybridized carbons (Fsp3) is 0.111. The smallest absolute Gasteiger partial charge is 0.338 e. The average Bonchev–Trinajstić information content (AvgIpc) is 2.66. The first-order valence-electron chi connectivity index (χ1n) is 7.24. The van der Waals surface area contributed by atoms with E-state index in [2.05, 4.69) is 5.32 Å². The normalized spacial score (nSPS) is 9.80. The van der Waals surface area contributed by atoms with Crippen molar-refractivity contribution in [3.8, 4) is 5.75 Å². The van der Waals surface area contributed by atoms with E-state index in [0.717, 1.165) is 0 Å². The quantitative estimate of drug-likeness (QED) is 0.633. The van der Waals surface area contributed by atoms with Gasteiger partial charge in [-0.1, -0.05) is 24.3 Å². The third kappa shape index (κ3) is 4.74. The molecule has 0 aliphatic carbocycles. The number of amides is 2. The van der Waals surface area contributed by atoms with Gasteiger partial charge in [0.25, 0.3) is 11.8 Å². The zero-order chi connectivity index (χ0) is 18.2. The Balaban J connectivity index is 1.90. The second-order valence-electron chi connectivity index (χ2n) is 4.89. The maximum atomic E-state index is 12.0. The van der Waals surface area contributed by atoms with Crippen LogP contribution in [0.2, 0.25) is 0 Å². The maximum Gasteiger partial charge on any atom is 0.338 e. The first kappa shape index (κ1) is 17.9. The van der Waals surface area contributed by atoms with Crippen molar-refractivity contribution in [2.24, 2.45) is 0 Å². The molecule has 7 nitrogen and oxygen atoms in total. The first-order chi connectivity index (χ1) is 12.0. The minimum Gasteiger partial charge on any atom is -0.496 e. The molecule has 2 amide bonds. The van der Waals surface area contributed by atoms with Gasteiger partial charge in [0, 0.05) is 5.56 Å². The second-order valence-corrected chi connectivity index (χ2v) is 4.89. The van der Waals surface area contributed by atoms with Crippen LogP contribution >= 0.6 is 0 Å². The molecule has 2 aromatic carbocycles. The van der Waals surface area contributed by atoms with Crippen LogP contribution in [-0.4, -0.2) is 37.8 Å². The molecule has 0 radical (unpaired) electrons. The number of para-hydroxylation sites is 1. The van der Waals surface area contributed by atoms with Crippen molar-refractivity contribution in [3.05, 3.63) is 65.2 Å². The number of benzene rings is 2. The van der Waals surface area contributed by atoms with Crippen molar-refractivity contribution in [3.63, 3.8) is 0 Å². The van der Waals surface area contributed by atoms with Crippen LogP contribution in [0.1, 0.15) is 31.1 Å². The van der Waals surface area contributed by atoms with Crippen LogP contribution in [0.5, 0.6) is 5.75 Å². The van der Waals surface area contributed by atoms with Gasteiger partial charge in [-0.05, 0) is 24.3 Å². The van der Waals surface area contributed by atoms with E-state index in [4.69, 9.17) is 9.47 Å². The Morgan fingerprint density at radius 1 is 1.04 bits per heavy atom. The Bertz CT molecular complexity index is 797. The lowest BCUT2D eigenvalue weighted by atomic mass is 10.1. The van der Waals surface area contributed by atoms with Gasteiger partial charge in [-0.15, -0.1) is 0 Å². The van der Waals surface area contributed by atoms with Crippen LogP contribution in [0.25, 0.3) is 0 Å². The van der Waals surface area contributed by atoms with E-state index in [-0.39, 0.29) is 11.1 Å². The molecule has 0 spiro atoms. The summed E-state index contributed by atoms with van der Waals surface area (Å²) in [5.41, 5.74) is 0.792. The Kier molecular flexibility index (Phi) is 6.00. The van der Waals surface area contributed by atoms with Crippen LogP contribution in [0.15, 0.2) is 48.5 Å². The summed E-state index contributed by atoms with van der Waals surface area (Å²) in [6, 6.07) is 12.1. The topological polar surface area (TPSA) is 98.8 Å². The van der Waals surface area contributed by atoms with E-state index in [9.17, 15) is 19.2 Å². The van der Waals surface area contributed by atoms with Gasteiger partial charge in [0.15, 0.2) is 6.61 Å². The van der Waals surface area contributed by atoms with E-state index < -0.39 is 24.4 Å². The Labute approximate surface area is 143 Å². The predicted molar refractivity (Wildman–Crippen MR) is 87.6 cm³/mol. The summed E-state index contributed by atoms with van der Waals surface area (Å²) in [6.45, 7) is -0.616. The van der Waals surface area contributed by atoms with Gasteiger partial charge in [-0.25, -0.2) is 4.79 Å². The Hall–Kier alpha value is -3.48. The number of hydrogen-bond acceptors (Lipinski definition) is 6. The van der Waals surface area contributed by atoms with Crippen molar-refractivity contribution in [1.82, 2.24) is 5.32 Å². The van der Waals surface area contributed by atoms with Crippen LogP contribution in [0.4, 0.5) is 0 Å². The third-order valence-electron chi connectivity index (χ3n) is 3.22. The SMILES string of the molecule is COc1ccccc1C(=O)NC(=O)COC(=O)c1ccc(C=O)cc1. The van der Waals surface area contributed by atoms with Gasteiger partial charge in [0.05, 0.1) is 18.2 Å². The number of nitrogens with one attached hydrogen (secondary N) is 1. The molecule has 1 N–H and O–H groups in total. The number of rotatable bonds is 6. The number of imide groups is 1. The van der Waals surface area contributed by atoms with Crippen LogP contribution < -0.4 is 10.1 Å². The highest BCUT2D eigenvalue weighted by Gasteiger charge is 2.16. The molecule has 0 heterocycles. The zero-order valence-electron chi connectivity index (χ0n) is 13.4. The molecule has 7 heteroatoms. The van der Waals surface area contributed by atoms with Crippen LogP contribution in [-0.2, 0) is 9.53 Å². The van der Waals surface area contributed by atoms with Crippen molar-refractivity contribution in [1.29, 1.82) is 0 Å². The lowest BCUT2D eigenvalue weighted by molar-refractivity contribution is -0.123. The largest absolute Gasteiger partial charge is 0.496 e.